The molecule has 0 radical (unpaired) electrons. The average molecular weight is 449 g/mol. The third-order valence-corrected chi connectivity index (χ3v) is 5.88. The van der Waals surface area contributed by atoms with Crippen molar-refractivity contribution in [3.05, 3.63) is 37.0 Å². The molecule has 0 saturated carbocycles. The van der Waals surface area contributed by atoms with Crippen molar-refractivity contribution in [3.8, 4) is 0 Å². The summed E-state index contributed by atoms with van der Waals surface area (Å²) >= 11 is 0. The second kappa shape index (κ2) is 12.9. The summed E-state index contributed by atoms with van der Waals surface area (Å²) in [6.45, 7) is 23.1. The molecule has 0 fully saturated rings. The Labute approximate surface area is 195 Å². The molecule has 6 heteroatoms. The highest BCUT2D eigenvalue weighted by Gasteiger charge is 2.46. The third kappa shape index (κ3) is 7.31. The lowest BCUT2D eigenvalue weighted by Gasteiger charge is -2.51. The molecule has 1 aliphatic carbocycles. The zero-order valence-electron chi connectivity index (χ0n) is 21.2. The van der Waals surface area contributed by atoms with Crippen molar-refractivity contribution in [2.24, 2.45) is 0 Å². The first-order valence-electron chi connectivity index (χ1n) is 11.8. The van der Waals surface area contributed by atoms with Gasteiger partial charge in [0.2, 0.25) is 5.91 Å². The van der Waals surface area contributed by atoms with E-state index in [-0.39, 0.29) is 30.1 Å². The van der Waals surface area contributed by atoms with Gasteiger partial charge in [-0.3, -0.25) is 9.69 Å². The van der Waals surface area contributed by atoms with Crippen molar-refractivity contribution in [1.82, 2.24) is 9.80 Å². The Morgan fingerprint density at radius 2 is 1.72 bits per heavy atom. The average Bonchev–Trinajstić information content (AvgIpc) is 2.71. The van der Waals surface area contributed by atoms with Gasteiger partial charge in [-0.1, -0.05) is 26.0 Å². The summed E-state index contributed by atoms with van der Waals surface area (Å²) in [6.07, 6.45) is 7.34. The summed E-state index contributed by atoms with van der Waals surface area (Å²) in [4.78, 5) is 29.9. The van der Waals surface area contributed by atoms with Crippen LogP contribution in [-0.2, 0) is 19.1 Å². The summed E-state index contributed by atoms with van der Waals surface area (Å²) < 4.78 is 11.9. The molecule has 1 rings (SSSR count). The third-order valence-electron chi connectivity index (χ3n) is 5.88. The molecule has 0 unspecified atom stereocenters. The largest absolute Gasteiger partial charge is 0.463 e. The molecule has 1 aliphatic rings. The van der Waals surface area contributed by atoms with Gasteiger partial charge >= 0.3 is 5.97 Å². The quantitative estimate of drug-likeness (QED) is 0.325. The number of nitrogens with zero attached hydrogens (tertiary/aromatic N) is 2. The van der Waals surface area contributed by atoms with Gasteiger partial charge in [-0.05, 0) is 53.0 Å². The molecule has 0 bridgehead atoms. The first-order chi connectivity index (χ1) is 15.0. The Balaban J connectivity index is 3.69. The molecule has 0 N–H and O–H groups in total. The molecule has 0 saturated heterocycles. The highest BCUT2D eigenvalue weighted by atomic mass is 16.5. The van der Waals surface area contributed by atoms with E-state index in [0.717, 1.165) is 12.8 Å². The standard InChI is InChI=1S/C26H44N2O4/c1-10-15-27(16-11-2)22-17-20(25(30)31-14-5)18-23(32-21(12-3)13-4)24(22)28(19(6)29)26(7,8)9/h10-11,18,21-24H,1-2,12-17H2,3-9H3/t22-,23+,24+/m0/s1. The first-order valence-corrected chi connectivity index (χ1v) is 11.8. The molecule has 6 nitrogen and oxygen atoms in total. The molecular weight excluding hydrogens is 404 g/mol. The van der Waals surface area contributed by atoms with Gasteiger partial charge in [0, 0.05) is 37.2 Å². The van der Waals surface area contributed by atoms with E-state index in [0.29, 0.717) is 31.7 Å². The van der Waals surface area contributed by atoms with Crippen molar-refractivity contribution < 1.29 is 19.1 Å². The van der Waals surface area contributed by atoms with Crippen LogP contribution < -0.4 is 0 Å². The molecular formula is C26H44N2O4. The fourth-order valence-corrected chi connectivity index (χ4v) is 4.60. The summed E-state index contributed by atoms with van der Waals surface area (Å²) in [7, 11) is 0. The van der Waals surface area contributed by atoms with Gasteiger partial charge in [0.15, 0.2) is 0 Å². The van der Waals surface area contributed by atoms with Crippen molar-refractivity contribution in [3.63, 3.8) is 0 Å². The number of rotatable bonds is 12. The van der Waals surface area contributed by atoms with Crippen LogP contribution in [0.4, 0.5) is 0 Å². The van der Waals surface area contributed by atoms with Crippen LogP contribution in [0.3, 0.4) is 0 Å². The van der Waals surface area contributed by atoms with Gasteiger partial charge in [0.1, 0.15) is 0 Å². The van der Waals surface area contributed by atoms with E-state index in [2.05, 4.69) is 31.9 Å². The molecule has 0 aromatic carbocycles. The fraction of sp³-hybridized carbons (Fsp3) is 0.692. The van der Waals surface area contributed by atoms with Crippen molar-refractivity contribution in [2.45, 2.75) is 97.6 Å². The van der Waals surface area contributed by atoms with Crippen LogP contribution in [-0.4, -0.2) is 71.2 Å². The summed E-state index contributed by atoms with van der Waals surface area (Å²) in [5.41, 5.74) is 0.174. The monoisotopic (exact) mass is 448 g/mol. The van der Waals surface area contributed by atoms with E-state index in [1.807, 2.05) is 43.9 Å². The minimum Gasteiger partial charge on any atom is -0.463 e. The highest BCUT2D eigenvalue weighted by Crippen LogP contribution is 2.34. The maximum Gasteiger partial charge on any atom is 0.333 e. The van der Waals surface area contributed by atoms with E-state index in [1.54, 1.807) is 13.8 Å². The topological polar surface area (TPSA) is 59.1 Å². The molecule has 0 aromatic rings. The van der Waals surface area contributed by atoms with Gasteiger partial charge in [-0.25, -0.2) is 4.79 Å². The molecule has 1 amide bonds. The van der Waals surface area contributed by atoms with E-state index < -0.39 is 11.6 Å². The van der Waals surface area contributed by atoms with Crippen LogP contribution in [0.1, 0.15) is 67.7 Å². The fourth-order valence-electron chi connectivity index (χ4n) is 4.60. The van der Waals surface area contributed by atoms with Crippen LogP contribution in [0.2, 0.25) is 0 Å². The number of esters is 1. The van der Waals surface area contributed by atoms with Gasteiger partial charge in [0.05, 0.1) is 24.9 Å². The lowest BCUT2D eigenvalue weighted by molar-refractivity contribution is -0.149. The Morgan fingerprint density at radius 1 is 1.16 bits per heavy atom. The Kier molecular flexibility index (Phi) is 11.4. The summed E-state index contributed by atoms with van der Waals surface area (Å²) in [6, 6.07) is -0.427. The lowest BCUT2D eigenvalue weighted by Crippen LogP contribution is -2.65. The number of amides is 1. The summed E-state index contributed by atoms with van der Waals surface area (Å²) in [5, 5.41) is 0. The Bertz CT molecular complexity index is 666. The highest BCUT2D eigenvalue weighted by molar-refractivity contribution is 5.89. The van der Waals surface area contributed by atoms with Crippen molar-refractivity contribution in [2.75, 3.05) is 19.7 Å². The van der Waals surface area contributed by atoms with Crippen molar-refractivity contribution >= 4 is 11.9 Å². The van der Waals surface area contributed by atoms with Gasteiger partial charge in [-0.15, -0.1) is 13.2 Å². The number of hydrogen-bond acceptors (Lipinski definition) is 5. The Hall–Kier alpha value is -1.92. The predicted molar refractivity (Wildman–Crippen MR) is 130 cm³/mol. The SMILES string of the molecule is C=CCN(CC=C)[C@H]1CC(C(=O)OCC)=C[C@@H](OC(CC)CC)[C@@H]1N(C(C)=O)C(C)(C)C. The van der Waals surface area contributed by atoms with Crippen LogP contribution in [0.25, 0.3) is 0 Å². The lowest BCUT2D eigenvalue weighted by atomic mass is 9.83. The predicted octanol–water partition coefficient (Wildman–Crippen LogP) is 4.51. The van der Waals surface area contributed by atoms with Crippen molar-refractivity contribution in [1.29, 1.82) is 0 Å². The van der Waals surface area contributed by atoms with E-state index in [9.17, 15) is 9.59 Å². The second-order valence-electron chi connectivity index (χ2n) is 9.30. The van der Waals surface area contributed by atoms with E-state index in [1.165, 1.54) is 0 Å². The second-order valence-corrected chi connectivity index (χ2v) is 9.30. The van der Waals surface area contributed by atoms with E-state index in [4.69, 9.17) is 9.47 Å². The normalized spacial score (nSPS) is 21.3. The smallest absolute Gasteiger partial charge is 0.333 e. The molecule has 0 heterocycles. The maximum atomic E-state index is 13.0. The number of hydrogen-bond donors (Lipinski definition) is 0. The molecule has 32 heavy (non-hydrogen) atoms. The minimum absolute atomic E-state index is 0.0178. The Morgan fingerprint density at radius 3 is 2.12 bits per heavy atom. The van der Waals surface area contributed by atoms with Gasteiger partial charge < -0.3 is 14.4 Å². The zero-order valence-corrected chi connectivity index (χ0v) is 21.2. The molecule has 3 atom stereocenters. The van der Waals surface area contributed by atoms with Crippen LogP contribution in [0.5, 0.6) is 0 Å². The number of carbonyl (C=O) groups excluding carboxylic acids is 2. The molecule has 0 aliphatic heterocycles. The molecule has 0 aromatic heterocycles. The minimum atomic E-state index is -0.432. The van der Waals surface area contributed by atoms with Crippen LogP contribution in [0.15, 0.2) is 37.0 Å². The number of carbonyl (C=O) groups is 2. The first kappa shape index (κ1) is 28.1. The summed E-state index contributed by atoms with van der Waals surface area (Å²) in [5.74, 6) is -0.341. The zero-order chi connectivity index (χ0) is 24.5. The van der Waals surface area contributed by atoms with Crippen LogP contribution in [0, 0.1) is 0 Å². The van der Waals surface area contributed by atoms with Gasteiger partial charge in [-0.2, -0.15) is 0 Å². The number of ether oxygens (including phenoxy) is 2. The molecule has 0 spiro atoms. The van der Waals surface area contributed by atoms with E-state index >= 15 is 0 Å². The van der Waals surface area contributed by atoms with Crippen LogP contribution >= 0.6 is 0 Å². The molecule has 182 valence electrons. The maximum absolute atomic E-state index is 13.0. The van der Waals surface area contributed by atoms with Gasteiger partial charge in [0.25, 0.3) is 0 Å².